The first-order chi connectivity index (χ1) is 9.27. The molecule has 4 nitrogen and oxygen atoms in total. The number of aryl methyl sites for hydroxylation is 2. The van der Waals surface area contributed by atoms with E-state index >= 15 is 0 Å². The lowest BCUT2D eigenvalue weighted by Crippen LogP contribution is -2.10. The molecule has 0 spiro atoms. The van der Waals surface area contributed by atoms with Gasteiger partial charge in [0.15, 0.2) is 5.65 Å². The highest BCUT2D eigenvalue weighted by molar-refractivity contribution is 6.16. The summed E-state index contributed by atoms with van der Waals surface area (Å²) in [7, 11) is 0. The zero-order chi connectivity index (χ0) is 14.9. The molecule has 0 aliphatic heterocycles. The summed E-state index contributed by atoms with van der Waals surface area (Å²) >= 11 is 6.15. The van der Waals surface area contributed by atoms with Crippen molar-refractivity contribution in [2.24, 2.45) is 10.8 Å². The van der Waals surface area contributed by atoms with E-state index in [0.29, 0.717) is 11.9 Å². The molecule has 2 heterocycles. The molecule has 2 aromatic heterocycles. The zero-order valence-electron chi connectivity index (χ0n) is 13.2. The van der Waals surface area contributed by atoms with Crippen molar-refractivity contribution in [1.29, 1.82) is 0 Å². The second-order valence-electron chi connectivity index (χ2n) is 6.95. The smallest absolute Gasteiger partial charge is 0.159 e. The maximum absolute atomic E-state index is 6.15. The predicted octanol–water partition coefficient (Wildman–Crippen LogP) is 3.91. The van der Waals surface area contributed by atoms with Gasteiger partial charge in [-0.1, -0.05) is 27.7 Å². The van der Waals surface area contributed by atoms with Gasteiger partial charge in [-0.15, -0.1) is 11.6 Å². The number of hydrogen-bond acceptors (Lipinski definition) is 2. The summed E-state index contributed by atoms with van der Waals surface area (Å²) in [6.45, 7) is 14.3. The van der Waals surface area contributed by atoms with E-state index in [1.165, 1.54) is 0 Å². The number of nitrogens with zero attached hydrogens (tertiary/aromatic N) is 4. The third kappa shape index (κ3) is 1.49. The first-order valence-electron chi connectivity index (χ1n) is 7.27. The molecular weight excluding hydrogens is 272 g/mol. The number of hydrogen-bond donors (Lipinski definition) is 0. The van der Waals surface area contributed by atoms with Crippen molar-refractivity contribution in [3.8, 4) is 0 Å². The molecule has 1 aliphatic carbocycles. The van der Waals surface area contributed by atoms with E-state index in [0.717, 1.165) is 29.2 Å². The van der Waals surface area contributed by atoms with Gasteiger partial charge in [0.1, 0.15) is 11.3 Å². The van der Waals surface area contributed by atoms with Gasteiger partial charge in [0.05, 0.1) is 11.6 Å². The normalized spacial score (nSPS) is 20.8. The van der Waals surface area contributed by atoms with Crippen LogP contribution in [-0.2, 0) is 12.4 Å². The summed E-state index contributed by atoms with van der Waals surface area (Å²) in [6, 6.07) is 0.426. The van der Waals surface area contributed by atoms with Crippen molar-refractivity contribution in [2.75, 3.05) is 0 Å². The van der Waals surface area contributed by atoms with Crippen LogP contribution in [0.25, 0.3) is 11.2 Å². The number of rotatable bonds is 3. The summed E-state index contributed by atoms with van der Waals surface area (Å²) in [5.74, 6) is 1.41. The van der Waals surface area contributed by atoms with Crippen molar-refractivity contribution >= 4 is 22.8 Å². The van der Waals surface area contributed by atoms with Gasteiger partial charge in [-0.05, 0) is 24.7 Å². The van der Waals surface area contributed by atoms with E-state index in [-0.39, 0.29) is 10.8 Å². The Balaban J connectivity index is 2.29. The Morgan fingerprint density at radius 2 is 1.80 bits per heavy atom. The zero-order valence-corrected chi connectivity index (χ0v) is 13.9. The molecule has 5 heteroatoms. The van der Waals surface area contributed by atoms with Gasteiger partial charge in [0.25, 0.3) is 0 Å². The molecule has 0 unspecified atom stereocenters. The number of imidazole rings is 1. The van der Waals surface area contributed by atoms with Crippen LogP contribution in [0.5, 0.6) is 0 Å². The molecule has 0 radical (unpaired) electrons. The van der Waals surface area contributed by atoms with Crippen molar-refractivity contribution in [2.45, 2.75) is 60.0 Å². The number of halogens is 1. The van der Waals surface area contributed by atoms with Crippen molar-refractivity contribution < 1.29 is 0 Å². The molecule has 20 heavy (non-hydrogen) atoms. The molecular formula is C15H23ClN4. The molecule has 2 aromatic rings. The van der Waals surface area contributed by atoms with Gasteiger partial charge in [0, 0.05) is 12.6 Å². The van der Waals surface area contributed by atoms with E-state index in [2.05, 4.69) is 49.0 Å². The number of aromatic nitrogens is 4. The van der Waals surface area contributed by atoms with E-state index < -0.39 is 0 Å². The van der Waals surface area contributed by atoms with Crippen LogP contribution in [0.4, 0.5) is 0 Å². The highest BCUT2D eigenvalue weighted by Gasteiger charge is 2.66. The largest absolute Gasteiger partial charge is 0.308 e. The predicted molar refractivity (Wildman–Crippen MR) is 82.1 cm³/mol. The Morgan fingerprint density at radius 3 is 2.25 bits per heavy atom. The molecule has 3 rings (SSSR count). The van der Waals surface area contributed by atoms with Crippen LogP contribution in [0.15, 0.2) is 0 Å². The monoisotopic (exact) mass is 294 g/mol. The fraction of sp³-hybridized carbons (Fsp3) is 0.733. The lowest BCUT2D eigenvalue weighted by Gasteiger charge is -2.11. The van der Waals surface area contributed by atoms with Crippen LogP contribution >= 0.6 is 11.6 Å². The van der Waals surface area contributed by atoms with Gasteiger partial charge in [0.2, 0.25) is 0 Å². The topological polar surface area (TPSA) is 35.6 Å². The lowest BCUT2D eigenvalue weighted by molar-refractivity contribution is 0.457. The van der Waals surface area contributed by atoms with Crippen molar-refractivity contribution in [3.63, 3.8) is 0 Å². The third-order valence-corrected chi connectivity index (χ3v) is 5.68. The van der Waals surface area contributed by atoms with Crippen molar-refractivity contribution in [1.82, 2.24) is 19.3 Å². The maximum Gasteiger partial charge on any atom is 0.159 e. The highest BCUT2D eigenvalue weighted by atomic mass is 35.5. The number of alkyl halides is 1. The average molecular weight is 295 g/mol. The summed E-state index contributed by atoms with van der Waals surface area (Å²) in [5.41, 5.74) is 3.62. The van der Waals surface area contributed by atoms with Gasteiger partial charge >= 0.3 is 0 Å². The van der Waals surface area contributed by atoms with Crippen molar-refractivity contribution in [3.05, 3.63) is 11.5 Å². The number of fused-ring (bicyclic) bond motifs is 1. The Labute approximate surface area is 125 Å². The summed E-state index contributed by atoms with van der Waals surface area (Å²) in [5, 5.41) is 4.60. The van der Waals surface area contributed by atoms with Crippen LogP contribution in [0.2, 0.25) is 0 Å². The molecule has 0 N–H and O–H groups in total. The minimum Gasteiger partial charge on any atom is -0.308 e. The molecule has 0 amide bonds. The quantitative estimate of drug-likeness (QED) is 0.805. The summed E-state index contributed by atoms with van der Waals surface area (Å²) in [4.78, 5) is 4.74. The van der Waals surface area contributed by atoms with Crippen LogP contribution in [0.3, 0.4) is 0 Å². The lowest BCUT2D eigenvalue weighted by atomic mass is 10.0. The average Bonchev–Trinajstić information content (AvgIpc) is 2.75. The molecule has 1 fully saturated rings. The highest BCUT2D eigenvalue weighted by Crippen LogP contribution is 2.72. The maximum atomic E-state index is 6.15. The van der Waals surface area contributed by atoms with Crippen LogP contribution < -0.4 is 0 Å². The Hall–Kier alpha value is -1.03. The Morgan fingerprint density at radius 1 is 1.20 bits per heavy atom. The fourth-order valence-electron chi connectivity index (χ4n) is 3.63. The molecule has 0 bridgehead atoms. The van der Waals surface area contributed by atoms with Gasteiger partial charge in [-0.3, -0.25) is 0 Å². The SMILES string of the molecule is CCn1nc(C)c2nc(CCl)n(C3C(C)(C)C3(C)C)c21. The van der Waals surface area contributed by atoms with E-state index in [1.54, 1.807) is 0 Å². The third-order valence-electron chi connectivity index (χ3n) is 5.44. The first kappa shape index (κ1) is 13.9. The van der Waals surface area contributed by atoms with E-state index in [1.807, 2.05) is 6.92 Å². The molecule has 1 saturated carbocycles. The molecule has 110 valence electrons. The van der Waals surface area contributed by atoms with E-state index in [9.17, 15) is 0 Å². The Bertz CT molecular complexity index is 664. The summed E-state index contributed by atoms with van der Waals surface area (Å²) < 4.78 is 4.39. The molecule has 0 saturated heterocycles. The van der Waals surface area contributed by atoms with Crippen LogP contribution in [0, 0.1) is 17.8 Å². The summed E-state index contributed by atoms with van der Waals surface area (Å²) in [6.07, 6.45) is 0. The minimum atomic E-state index is 0.248. The second-order valence-corrected chi connectivity index (χ2v) is 7.22. The fourth-order valence-corrected chi connectivity index (χ4v) is 3.82. The van der Waals surface area contributed by atoms with E-state index in [4.69, 9.17) is 16.6 Å². The van der Waals surface area contributed by atoms with Gasteiger partial charge < -0.3 is 4.57 Å². The standard InChI is InChI=1S/C15H23ClN4/c1-7-19-12-11(9(2)18-19)17-10(8-16)20(12)13-14(3,4)15(13,5)6/h13H,7-8H2,1-6H3. The second kappa shape index (κ2) is 4.00. The van der Waals surface area contributed by atoms with Crippen LogP contribution in [-0.4, -0.2) is 19.3 Å². The minimum absolute atomic E-state index is 0.248. The van der Waals surface area contributed by atoms with Gasteiger partial charge in [-0.2, -0.15) is 5.10 Å². The molecule has 0 atom stereocenters. The molecule has 1 aliphatic rings. The Kier molecular flexibility index (Phi) is 2.79. The van der Waals surface area contributed by atoms with Gasteiger partial charge in [-0.25, -0.2) is 9.67 Å². The molecule has 0 aromatic carbocycles. The van der Waals surface area contributed by atoms with Crippen LogP contribution in [0.1, 0.15) is 52.2 Å². The first-order valence-corrected chi connectivity index (χ1v) is 7.81.